The van der Waals surface area contributed by atoms with Crippen LogP contribution < -0.4 is 9.64 Å². The molecule has 23 heavy (non-hydrogen) atoms. The maximum absolute atomic E-state index is 12.6. The van der Waals surface area contributed by atoms with Gasteiger partial charge in [0.05, 0.1) is 12.1 Å². The van der Waals surface area contributed by atoms with Crippen LogP contribution in [0.2, 0.25) is 5.02 Å². The van der Waals surface area contributed by atoms with Gasteiger partial charge >= 0.3 is 0 Å². The molecule has 3 rings (SSSR count). The van der Waals surface area contributed by atoms with Gasteiger partial charge < -0.3 is 19.1 Å². The van der Waals surface area contributed by atoms with Gasteiger partial charge in [-0.1, -0.05) is 17.7 Å². The average Bonchev–Trinajstić information content (AvgIpc) is 2.93. The van der Waals surface area contributed by atoms with E-state index in [0.717, 1.165) is 24.5 Å². The van der Waals surface area contributed by atoms with Crippen molar-refractivity contribution >= 4 is 23.2 Å². The second-order valence-corrected chi connectivity index (χ2v) is 6.07. The number of nitrogens with zero attached hydrogens (tertiary/aromatic N) is 3. The Bertz CT molecular complexity index is 706. The van der Waals surface area contributed by atoms with Gasteiger partial charge in [0.2, 0.25) is 0 Å². The summed E-state index contributed by atoms with van der Waals surface area (Å²) in [6.07, 6.45) is 1.75. The second-order valence-electron chi connectivity index (χ2n) is 5.64. The van der Waals surface area contributed by atoms with Crippen molar-refractivity contribution in [2.24, 2.45) is 7.05 Å². The van der Waals surface area contributed by atoms with Gasteiger partial charge in [0.1, 0.15) is 11.4 Å². The van der Waals surface area contributed by atoms with Gasteiger partial charge in [-0.25, -0.2) is 0 Å². The van der Waals surface area contributed by atoms with Crippen LogP contribution in [0.4, 0.5) is 5.69 Å². The van der Waals surface area contributed by atoms with E-state index < -0.39 is 0 Å². The average molecular weight is 334 g/mol. The Balaban J connectivity index is 1.66. The van der Waals surface area contributed by atoms with Crippen LogP contribution in [0.15, 0.2) is 36.5 Å². The van der Waals surface area contributed by atoms with Gasteiger partial charge in [0, 0.05) is 51.2 Å². The Labute approximate surface area is 141 Å². The summed E-state index contributed by atoms with van der Waals surface area (Å²) in [6.45, 7) is 2.99. The first kappa shape index (κ1) is 15.7. The number of aryl methyl sites for hydroxylation is 1. The number of anilines is 1. The van der Waals surface area contributed by atoms with E-state index in [1.165, 1.54) is 0 Å². The highest BCUT2D eigenvalue weighted by Crippen LogP contribution is 2.23. The van der Waals surface area contributed by atoms with E-state index in [2.05, 4.69) is 11.0 Å². The lowest BCUT2D eigenvalue weighted by Gasteiger charge is -2.36. The fourth-order valence-corrected chi connectivity index (χ4v) is 3.12. The molecule has 0 aliphatic carbocycles. The summed E-state index contributed by atoms with van der Waals surface area (Å²) in [5, 5.41) is 0.589. The smallest absolute Gasteiger partial charge is 0.270 e. The van der Waals surface area contributed by atoms with Crippen LogP contribution in [0.1, 0.15) is 10.5 Å². The zero-order valence-corrected chi connectivity index (χ0v) is 14.1. The van der Waals surface area contributed by atoms with Crippen molar-refractivity contribution < 1.29 is 9.53 Å². The first-order valence-electron chi connectivity index (χ1n) is 7.58. The Morgan fingerprint density at radius 2 is 1.91 bits per heavy atom. The summed E-state index contributed by atoms with van der Waals surface area (Å²) in [5.41, 5.74) is 1.75. The fourth-order valence-electron chi connectivity index (χ4n) is 2.87. The van der Waals surface area contributed by atoms with Crippen molar-refractivity contribution in [2.75, 3.05) is 38.2 Å². The third-order valence-electron chi connectivity index (χ3n) is 4.18. The topological polar surface area (TPSA) is 37.7 Å². The minimum atomic E-state index is 0.0321. The molecule has 0 N–H and O–H groups in total. The Kier molecular flexibility index (Phi) is 4.48. The molecule has 1 aliphatic rings. The van der Waals surface area contributed by atoms with E-state index in [1.807, 2.05) is 30.1 Å². The molecule has 122 valence electrons. The van der Waals surface area contributed by atoms with E-state index in [0.29, 0.717) is 23.8 Å². The summed E-state index contributed by atoms with van der Waals surface area (Å²) in [6, 6.07) is 9.73. The third kappa shape index (κ3) is 3.29. The molecule has 0 spiro atoms. The zero-order valence-electron chi connectivity index (χ0n) is 13.3. The van der Waals surface area contributed by atoms with E-state index in [9.17, 15) is 4.79 Å². The number of aromatic nitrogens is 1. The lowest BCUT2D eigenvalue weighted by Crippen LogP contribution is -2.49. The van der Waals surface area contributed by atoms with E-state index >= 15 is 0 Å². The first-order chi connectivity index (χ1) is 11.1. The molecule has 0 bridgehead atoms. The van der Waals surface area contributed by atoms with Gasteiger partial charge in [-0.3, -0.25) is 4.79 Å². The van der Waals surface area contributed by atoms with Crippen molar-refractivity contribution in [3.63, 3.8) is 0 Å². The number of carbonyl (C=O) groups is 1. The first-order valence-corrected chi connectivity index (χ1v) is 7.96. The molecule has 1 aromatic heterocycles. The zero-order chi connectivity index (χ0) is 16.4. The number of halogens is 1. The maximum atomic E-state index is 12.6. The number of amides is 1. The monoisotopic (exact) mass is 333 g/mol. The summed E-state index contributed by atoms with van der Waals surface area (Å²) in [4.78, 5) is 16.7. The van der Waals surface area contributed by atoms with Crippen LogP contribution in [-0.2, 0) is 7.05 Å². The molecule has 0 radical (unpaired) electrons. The van der Waals surface area contributed by atoms with Crippen molar-refractivity contribution in [3.8, 4) is 5.75 Å². The summed E-state index contributed by atoms with van der Waals surface area (Å²) in [7, 11) is 3.51. The highest BCUT2D eigenvalue weighted by atomic mass is 35.5. The second kappa shape index (κ2) is 6.54. The van der Waals surface area contributed by atoms with Crippen molar-refractivity contribution in [1.82, 2.24) is 9.47 Å². The van der Waals surface area contributed by atoms with Crippen LogP contribution in [0.25, 0.3) is 0 Å². The number of benzene rings is 1. The maximum Gasteiger partial charge on any atom is 0.270 e. The molecule has 2 heterocycles. The molecule has 1 aliphatic heterocycles. The highest BCUT2D eigenvalue weighted by molar-refractivity contribution is 6.31. The van der Waals surface area contributed by atoms with Crippen molar-refractivity contribution in [1.29, 1.82) is 0 Å². The van der Waals surface area contributed by atoms with Crippen LogP contribution in [0, 0.1) is 0 Å². The normalized spacial score (nSPS) is 14.9. The standard InChI is InChI=1S/C17H20ClN3O2/c1-19-12-13(18)10-16(19)17(22)21-8-6-20(7-9-21)14-4-3-5-15(11-14)23-2/h3-5,10-12H,6-9H2,1-2H3. The number of rotatable bonds is 3. The minimum Gasteiger partial charge on any atom is -0.497 e. The Morgan fingerprint density at radius 3 is 2.52 bits per heavy atom. The number of piperazine rings is 1. The number of hydrogen-bond acceptors (Lipinski definition) is 3. The van der Waals surface area contributed by atoms with Gasteiger partial charge in [0.25, 0.3) is 5.91 Å². The quantitative estimate of drug-likeness (QED) is 0.866. The van der Waals surface area contributed by atoms with Gasteiger partial charge in [-0.2, -0.15) is 0 Å². The largest absolute Gasteiger partial charge is 0.497 e. The van der Waals surface area contributed by atoms with Crippen molar-refractivity contribution in [2.45, 2.75) is 0 Å². The number of ether oxygens (including phenoxy) is 1. The highest BCUT2D eigenvalue weighted by Gasteiger charge is 2.24. The van der Waals surface area contributed by atoms with Crippen molar-refractivity contribution in [3.05, 3.63) is 47.2 Å². The number of methoxy groups -OCH3 is 1. The minimum absolute atomic E-state index is 0.0321. The lowest BCUT2D eigenvalue weighted by atomic mass is 10.2. The molecular weight excluding hydrogens is 314 g/mol. The van der Waals surface area contributed by atoms with Gasteiger partial charge in [-0.15, -0.1) is 0 Å². The molecule has 1 fully saturated rings. The number of carbonyl (C=O) groups excluding carboxylic acids is 1. The van der Waals surface area contributed by atoms with Crippen LogP contribution in [0.5, 0.6) is 5.75 Å². The van der Waals surface area contributed by atoms with Crippen LogP contribution >= 0.6 is 11.6 Å². The molecule has 2 aromatic rings. The van der Waals surface area contributed by atoms with E-state index in [1.54, 1.807) is 23.9 Å². The molecule has 0 atom stereocenters. The third-order valence-corrected chi connectivity index (χ3v) is 4.38. The van der Waals surface area contributed by atoms with E-state index in [-0.39, 0.29) is 5.91 Å². The lowest BCUT2D eigenvalue weighted by molar-refractivity contribution is 0.0737. The molecule has 5 nitrogen and oxygen atoms in total. The summed E-state index contributed by atoms with van der Waals surface area (Å²) in [5.74, 6) is 0.879. The predicted molar refractivity (Wildman–Crippen MR) is 91.5 cm³/mol. The molecule has 1 amide bonds. The Morgan fingerprint density at radius 1 is 1.17 bits per heavy atom. The summed E-state index contributed by atoms with van der Waals surface area (Å²) < 4.78 is 7.05. The molecular formula is C17H20ClN3O2. The fraction of sp³-hybridized carbons (Fsp3) is 0.353. The molecule has 1 saturated heterocycles. The molecule has 6 heteroatoms. The predicted octanol–water partition coefficient (Wildman–Crippen LogP) is 2.65. The van der Waals surface area contributed by atoms with E-state index in [4.69, 9.17) is 16.3 Å². The Hall–Kier alpha value is -2.14. The van der Waals surface area contributed by atoms with Crippen LogP contribution in [0.3, 0.4) is 0 Å². The summed E-state index contributed by atoms with van der Waals surface area (Å²) >= 11 is 5.97. The molecule has 1 aromatic carbocycles. The number of hydrogen-bond donors (Lipinski definition) is 0. The van der Waals surface area contributed by atoms with Gasteiger partial charge in [0.15, 0.2) is 0 Å². The van der Waals surface area contributed by atoms with Gasteiger partial charge in [-0.05, 0) is 18.2 Å². The van der Waals surface area contributed by atoms with Crippen LogP contribution in [-0.4, -0.2) is 48.7 Å². The molecule has 0 unspecified atom stereocenters. The SMILES string of the molecule is COc1cccc(N2CCN(C(=O)c3cc(Cl)cn3C)CC2)c1. The molecule has 0 saturated carbocycles.